The number of aryl methyl sites for hydroxylation is 1. The van der Waals surface area contributed by atoms with E-state index in [1.54, 1.807) is 6.07 Å². The first-order chi connectivity index (χ1) is 12.6. The largest absolute Gasteiger partial charge is 0.335 e. The summed E-state index contributed by atoms with van der Waals surface area (Å²) in [6.07, 6.45) is 0.916. The Morgan fingerprint density at radius 2 is 2.04 bits per heavy atom. The van der Waals surface area contributed by atoms with Gasteiger partial charge in [-0.3, -0.25) is 4.79 Å². The number of benzene rings is 2. The van der Waals surface area contributed by atoms with Crippen molar-refractivity contribution in [3.05, 3.63) is 59.1 Å². The van der Waals surface area contributed by atoms with Gasteiger partial charge in [0.15, 0.2) is 5.82 Å². The molecule has 0 aliphatic heterocycles. The number of anilines is 1. The van der Waals surface area contributed by atoms with Crippen LogP contribution in [0.5, 0.6) is 0 Å². The summed E-state index contributed by atoms with van der Waals surface area (Å²) in [5, 5.41) is 12.0. The maximum atomic E-state index is 12.2. The molecular weight excluding hydrogens is 370 g/mol. The lowest BCUT2D eigenvalue weighted by molar-refractivity contribution is -0.113. The molecule has 0 bridgehead atoms. The summed E-state index contributed by atoms with van der Waals surface area (Å²) in [4.78, 5) is 12.2. The molecule has 0 radical (unpaired) electrons. The van der Waals surface area contributed by atoms with Gasteiger partial charge in [-0.15, -0.1) is 10.2 Å². The van der Waals surface area contributed by atoms with E-state index in [1.165, 1.54) is 22.0 Å². The van der Waals surface area contributed by atoms with E-state index in [2.05, 4.69) is 22.4 Å². The summed E-state index contributed by atoms with van der Waals surface area (Å²) < 4.78 is 1.34. The molecule has 6 nitrogen and oxygen atoms in total. The molecule has 0 spiro atoms. The lowest BCUT2D eigenvalue weighted by atomic mass is 10.1. The lowest BCUT2D eigenvalue weighted by Crippen LogP contribution is -2.16. The number of nitrogens with one attached hydrogen (secondary N) is 1. The Morgan fingerprint density at radius 1 is 1.23 bits per heavy atom. The summed E-state index contributed by atoms with van der Waals surface area (Å²) in [6, 6.07) is 15.0. The molecule has 1 heterocycles. The van der Waals surface area contributed by atoms with Crippen molar-refractivity contribution in [1.29, 1.82) is 0 Å². The topological polar surface area (TPSA) is 85.8 Å². The van der Waals surface area contributed by atoms with Crippen LogP contribution in [0.15, 0.2) is 53.7 Å². The Bertz CT molecular complexity index is 927. The molecule has 0 aliphatic rings. The molecule has 0 fully saturated rings. The highest BCUT2D eigenvalue weighted by molar-refractivity contribution is 7.99. The molecule has 0 saturated carbocycles. The van der Waals surface area contributed by atoms with Crippen molar-refractivity contribution in [1.82, 2.24) is 14.9 Å². The van der Waals surface area contributed by atoms with Crippen molar-refractivity contribution >= 4 is 35.0 Å². The molecule has 3 aromatic rings. The van der Waals surface area contributed by atoms with Gasteiger partial charge in [-0.2, -0.15) is 0 Å². The van der Waals surface area contributed by atoms with E-state index < -0.39 is 0 Å². The molecule has 1 amide bonds. The Hall–Kier alpha value is -2.51. The predicted molar refractivity (Wildman–Crippen MR) is 106 cm³/mol. The van der Waals surface area contributed by atoms with Crippen LogP contribution in [0.4, 0.5) is 5.69 Å². The van der Waals surface area contributed by atoms with Crippen LogP contribution in [-0.4, -0.2) is 26.5 Å². The van der Waals surface area contributed by atoms with Gasteiger partial charge in [0.05, 0.1) is 10.8 Å². The third kappa shape index (κ3) is 4.17. The van der Waals surface area contributed by atoms with E-state index in [1.807, 2.05) is 42.5 Å². The average Bonchev–Trinajstić information content (AvgIpc) is 3.01. The molecular formula is C18H18ClN5OS. The van der Waals surface area contributed by atoms with Gasteiger partial charge in [-0.25, -0.2) is 4.68 Å². The summed E-state index contributed by atoms with van der Waals surface area (Å²) in [5.41, 5.74) is 2.64. The van der Waals surface area contributed by atoms with Crippen molar-refractivity contribution in [3.63, 3.8) is 0 Å². The number of nitrogen functional groups attached to an aromatic ring is 1. The third-order valence-electron chi connectivity index (χ3n) is 3.73. The normalized spacial score (nSPS) is 10.7. The van der Waals surface area contributed by atoms with Gasteiger partial charge >= 0.3 is 0 Å². The Morgan fingerprint density at radius 3 is 2.81 bits per heavy atom. The number of aromatic nitrogens is 3. The summed E-state index contributed by atoms with van der Waals surface area (Å²) in [7, 11) is 0. The molecule has 134 valence electrons. The summed E-state index contributed by atoms with van der Waals surface area (Å²) >= 11 is 7.39. The molecule has 0 atom stereocenters. The van der Waals surface area contributed by atoms with Crippen LogP contribution >= 0.6 is 23.4 Å². The second-order valence-electron chi connectivity index (χ2n) is 5.55. The van der Waals surface area contributed by atoms with Crippen LogP contribution in [0.2, 0.25) is 5.02 Å². The molecule has 1 aromatic heterocycles. The minimum atomic E-state index is -0.134. The van der Waals surface area contributed by atoms with Gasteiger partial charge in [-0.1, -0.05) is 54.6 Å². The van der Waals surface area contributed by atoms with Crippen LogP contribution < -0.4 is 11.2 Å². The van der Waals surface area contributed by atoms with Gasteiger partial charge in [0.25, 0.3) is 0 Å². The van der Waals surface area contributed by atoms with Gasteiger partial charge in [-0.05, 0) is 36.2 Å². The monoisotopic (exact) mass is 387 g/mol. The van der Waals surface area contributed by atoms with E-state index in [4.69, 9.17) is 17.4 Å². The smallest absolute Gasteiger partial charge is 0.234 e. The van der Waals surface area contributed by atoms with Crippen molar-refractivity contribution < 1.29 is 4.79 Å². The molecule has 0 saturated heterocycles. The fraction of sp³-hybridized carbons (Fsp3) is 0.167. The number of rotatable bonds is 6. The Balaban J connectivity index is 1.65. The number of thioether (sulfide) groups is 1. The van der Waals surface area contributed by atoms with Gasteiger partial charge in [0.2, 0.25) is 11.1 Å². The minimum Gasteiger partial charge on any atom is -0.335 e. The number of carbonyl (C=O) groups excluding carboxylic acids is 1. The SMILES string of the molecule is CCc1cccc(NC(=O)CSc2nnc(-c3ccccc3Cl)n2N)c1. The molecule has 3 N–H and O–H groups in total. The summed E-state index contributed by atoms with van der Waals surface area (Å²) in [5.74, 6) is 6.56. The number of halogens is 1. The van der Waals surface area contributed by atoms with Crippen molar-refractivity contribution in [2.75, 3.05) is 16.9 Å². The maximum absolute atomic E-state index is 12.2. The van der Waals surface area contributed by atoms with Gasteiger partial charge in [0.1, 0.15) is 0 Å². The van der Waals surface area contributed by atoms with Crippen LogP contribution in [0, 0.1) is 0 Å². The van der Waals surface area contributed by atoms with Crippen LogP contribution in [0.1, 0.15) is 12.5 Å². The number of hydrogen-bond acceptors (Lipinski definition) is 5. The van der Waals surface area contributed by atoms with E-state index in [9.17, 15) is 4.79 Å². The zero-order valence-corrected chi connectivity index (χ0v) is 15.7. The third-order valence-corrected chi connectivity index (χ3v) is 5.00. The van der Waals surface area contributed by atoms with Crippen molar-refractivity contribution in [3.8, 4) is 11.4 Å². The fourth-order valence-electron chi connectivity index (χ4n) is 2.40. The number of nitrogens with two attached hydrogens (primary N) is 1. The minimum absolute atomic E-state index is 0.134. The standard InChI is InChI=1S/C18H18ClN5OS/c1-2-12-6-5-7-13(10-12)21-16(25)11-26-18-23-22-17(24(18)20)14-8-3-4-9-15(14)19/h3-10H,2,11,20H2,1H3,(H,21,25). The first-order valence-corrected chi connectivity index (χ1v) is 9.42. The van der Waals surface area contributed by atoms with Gasteiger partial charge in [0, 0.05) is 11.3 Å². The van der Waals surface area contributed by atoms with Crippen LogP contribution in [-0.2, 0) is 11.2 Å². The molecule has 2 aromatic carbocycles. The van der Waals surface area contributed by atoms with Crippen LogP contribution in [0.3, 0.4) is 0 Å². The predicted octanol–water partition coefficient (Wildman–Crippen LogP) is 3.61. The molecule has 0 unspecified atom stereocenters. The summed E-state index contributed by atoms with van der Waals surface area (Å²) in [6.45, 7) is 2.07. The van der Waals surface area contributed by atoms with E-state index in [0.717, 1.165) is 12.1 Å². The highest BCUT2D eigenvalue weighted by Gasteiger charge is 2.15. The zero-order valence-electron chi connectivity index (χ0n) is 14.1. The van der Waals surface area contributed by atoms with E-state index >= 15 is 0 Å². The highest BCUT2D eigenvalue weighted by Crippen LogP contribution is 2.27. The molecule has 26 heavy (non-hydrogen) atoms. The van der Waals surface area contributed by atoms with E-state index in [0.29, 0.717) is 21.6 Å². The molecule has 8 heteroatoms. The average molecular weight is 388 g/mol. The second kappa shape index (κ2) is 8.25. The highest BCUT2D eigenvalue weighted by atomic mass is 35.5. The Labute approximate surface area is 160 Å². The molecule has 3 rings (SSSR count). The van der Waals surface area contributed by atoms with E-state index in [-0.39, 0.29) is 11.7 Å². The number of hydrogen-bond donors (Lipinski definition) is 2. The fourth-order valence-corrected chi connectivity index (χ4v) is 3.27. The first kappa shape index (κ1) is 18.3. The zero-order chi connectivity index (χ0) is 18.5. The van der Waals surface area contributed by atoms with Crippen molar-refractivity contribution in [2.24, 2.45) is 0 Å². The number of nitrogens with zero attached hydrogens (tertiary/aromatic N) is 3. The maximum Gasteiger partial charge on any atom is 0.234 e. The quantitative estimate of drug-likeness (QED) is 0.498. The molecule has 0 aliphatic carbocycles. The van der Waals surface area contributed by atoms with Gasteiger partial charge < -0.3 is 11.2 Å². The first-order valence-electron chi connectivity index (χ1n) is 8.05. The van der Waals surface area contributed by atoms with Crippen molar-refractivity contribution in [2.45, 2.75) is 18.5 Å². The van der Waals surface area contributed by atoms with Crippen LogP contribution in [0.25, 0.3) is 11.4 Å². The number of amides is 1. The Kier molecular flexibility index (Phi) is 5.80. The lowest BCUT2D eigenvalue weighted by Gasteiger charge is -2.07. The second-order valence-corrected chi connectivity index (χ2v) is 6.90. The number of carbonyl (C=O) groups is 1.